The first-order valence-corrected chi connectivity index (χ1v) is 16.5. The Morgan fingerprint density at radius 2 is 0.739 bits per heavy atom. The quantitative estimate of drug-likeness (QED) is 0.177. The minimum Gasteiger partial charge on any atom is -1.00 e. The molecule has 0 bridgehead atoms. The van der Waals surface area contributed by atoms with Gasteiger partial charge in [-0.1, -0.05) is 107 Å². The molecule has 0 atom stereocenters. The zero-order valence-electron chi connectivity index (χ0n) is 30.9. The molecule has 0 aliphatic carbocycles. The van der Waals surface area contributed by atoms with Crippen LogP contribution < -0.4 is 24.8 Å². The van der Waals surface area contributed by atoms with Crippen LogP contribution >= 0.6 is 0 Å². The Morgan fingerprint density at radius 1 is 0.478 bits per heavy atom. The number of halogens is 2. The van der Waals surface area contributed by atoms with Gasteiger partial charge in [0.25, 0.3) is 0 Å². The van der Waals surface area contributed by atoms with Crippen molar-refractivity contribution in [2.75, 3.05) is 0 Å². The van der Waals surface area contributed by atoms with Gasteiger partial charge in [0, 0.05) is 0 Å². The number of aromatic nitrogens is 1. The number of hydrogen-bond donors (Lipinski definition) is 0. The van der Waals surface area contributed by atoms with Crippen molar-refractivity contribution >= 4 is 22.8 Å². The molecule has 0 aliphatic rings. The summed E-state index contributed by atoms with van der Waals surface area (Å²) in [6.07, 6.45) is 0. The van der Waals surface area contributed by atoms with E-state index in [0.29, 0.717) is 35.5 Å². The Balaban J connectivity index is 0.00000675. The molecule has 0 amide bonds. The smallest absolute Gasteiger partial charge is 1.00 e. The van der Waals surface area contributed by atoms with E-state index in [2.05, 4.69) is 140 Å². The van der Waals surface area contributed by atoms with E-state index in [1.807, 2.05) is 0 Å². The second-order valence-electron chi connectivity index (χ2n) is 14.3. The minimum atomic E-state index is 0. The van der Waals surface area contributed by atoms with E-state index in [-0.39, 0.29) is 41.9 Å². The van der Waals surface area contributed by atoms with Crippen LogP contribution in [0, 0.1) is 6.92 Å². The van der Waals surface area contributed by atoms with E-state index >= 15 is 0 Å². The maximum absolute atomic E-state index is 5.31. The Kier molecular flexibility index (Phi) is 17.7. The molecule has 0 N–H and O–H groups in total. The van der Waals surface area contributed by atoms with E-state index in [4.69, 9.17) is 15.0 Å². The molecular weight excluding hydrogens is 649 g/mol. The summed E-state index contributed by atoms with van der Waals surface area (Å²) in [7, 11) is 0. The first kappa shape index (κ1) is 44.0. The molecular formula is C40H57Cl2FeN3. The van der Waals surface area contributed by atoms with Gasteiger partial charge in [-0.25, -0.2) is 4.98 Å². The number of aryl methyl sites for hydroxylation is 1. The molecule has 3 aromatic rings. The number of rotatable bonds is 10. The first-order valence-electron chi connectivity index (χ1n) is 16.5. The maximum Gasteiger partial charge on any atom is 2.00 e. The van der Waals surface area contributed by atoms with Crippen LogP contribution in [0.15, 0.2) is 46.4 Å². The molecule has 6 heteroatoms. The summed E-state index contributed by atoms with van der Waals surface area (Å²) in [5.41, 5.74) is 15.1. The van der Waals surface area contributed by atoms with Gasteiger partial charge in [-0.15, -0.1) is 0 Å². The molecule has 0 aliphatic heterocycles. The Morgan fingerprint density at radius 3 is 0.957 bits per heavy atom. The number of benzene rings is 2. The monoisotopic (exact) mass is 705 g/mol. The number of nitrogens with zero attached hydrogens (tertiary/aromatic N) is 3. The van der Waals surface area contributed by atoms with Crippen molar-refractivity contribution in [3.8, 4) is 0 Å². The van der Waals surface area contributed by atoms with E-state index in [1.54, 1.807) is 0 Å². The van der Waals surface area contributed by atoms with Crippen molar-refractivity contribution in [1.29, 1.82) is 0 Å². The second kappa shape index (κ2) is 18.5. The zero-order valence-corrected chi connectivity index (χ0v) is 33.5. The van der Waals surface area contributed by atoms with Crippen molar-refractivity contribution in [1.82, 2.24) is 4.98 Å². The van der Waals surface area contributed by atoms with Crippen molar-refractivity contribution in [2.45, 2.75) is 139 Å². The van der Waals surface area contributed by atoms with Crippen LogP contribution in [0.1, 0.15) is 183 Å². The molecule has 0 saturated heterocycles. The molecule has 0 fully saturated rings. The third-order valence-electron chi connectivity index (χ3n) is 8.47. The fourth-order valence-electron chi connectivity index (χ4n) is 5.58. The standard InChI is InChI=1S/C40H57N3.2ClH.Fe/c1-22(2)31-18-33(24(5)6)39(34(19-31)25(7)8)41-29(14)37-16-28(13)17-38(43-37)30(15)42-40-35(26(9)10)20-32(23(3)4)21-36(40)27(11)12;;;/h16-27H,1-15H3;2*1H;/q;;;+2/p-2. The minimum absolute atomic E-state index is 0. The molecule has 46 heavy (non-hydrogen) atoms. The van der Waals surface area contributed by atoms with Crippen LogP contribution in [-0.2, 0) is 17.1 Å². The largest absolute Gasteiger partial charge is 2.00 e. The van der Waals surface area contributed by atoms with Crippen LogP contribution in [0.4, 0.5) is 11.4 Å². The van der Waals surface area contributed by atoms with Gasteiger partial charge in [0.1, 0.15) is 0 Å². The van der Waals surface area contributed by atoms with Crippen LogP contribution in [0.25, 0.3) is 0 Å². The summed E-state index contributed by atoms with van der Waals surface area (Å²) in [5.74, 6) is 2.48. The van der Waals surface area contributed by atoms with Gasteiger partial charge in [-0.05, 0) is 107 Å². The normalized spacial score (nSPS) is 12.3. The van der Waals surface area contributed by atoms with Gasteiger partial charge in [0.05, 0.1) is 34.2 Å². The van der Waals surface area contributed by atoms with Crippen molar-refractivity contribution in [3.63, 3.8) is 0 Å². The summed E-state index contributed by atoms with van der Waals surface area (Å²) >= 11 is 0. The first-order chi connectivity index (χ1) is 20.0. The third kappa shape index (κ3) is 10.5. The van der Waals surface area contributed by atoms with E-state index in [0.717, 1.165) is 39.7 Å². The molecule has 254 valence electrons. The molecule has 3 rings (SSSR count). The van der Waals surface area contributed by atoms with Crippen molar-refractivity contribution in [2.24, 2.45) is 9.98 Å². The third-order valence-corrected chi connectivity index (χ3v) is 8.47. The predicted octanol–water partition coefficient (Wildman–Crippen LogP) is 6.42. The van der Waals surface area contributed by atoms with Crippen LogP contribution in [0.3, 0.4) is 0 Å². The molecule has 0 saturated carbocycles. The summed E-state index contributed by atoms with van der Waals surface area (Å²) in [5, 5.41) is 0. The van der Waals surface area contributed by atoms with Crippen LogP contribution in [-0.4, -0.2) is 16.4 Å². The molecule has 3 nitrogen and oxygen atoms in total. The summed E-state index contributed by atoms with van der Waals surface area (Å²) in [4.78, 5) is 15.8. The molecule has 1 aromatic heterocycles. The van der Waals surface area contributed by atoms with Gasteiger partial charge in [0.15, 0.2) is 0 Å². The van der Waals surface area contributed by atoms with Crippen LogP contribution in [0.2, 0.25) is 0 Å². The Hall–Kier alpha value is -1.97. The molecule has 0 spiro atoms. The van der Waals surface area contributed by atoms with Gasteiger partial charge >= 0.3 is 17.1 Å². The van der Waals surface area contributed by atoms with E-state index in [1.165, 1.54) is 33.4 Å². The Bertz CT molecular complexity index is 1350. The fourth-order valence-corrected chi connectivity index (χ4v) is 5.58. The van der Waals surface area contributed by atoms with Gasteiger partial charge in [0.2, 0.25) is 0 Å². The average Bonchev–Trinajstić information content (AvgIpc) is 2.91. The summed E-state index contributed by atoms with van der Waals surface area (Å²) < 4.78 is 0. The summed E-state index contributed by atoms with van der Waals surface area (Å²) in [6.45, 7) is 33.6. The Labute approximate surface area is 304 Å². The summed E-state index contributed by atoms with van der Waals surface area (Å²) in [6, 6.07) is 13.8. The predicted molar refractivity (Wildman–Crippen MR) is 190 cm³/mol. The van der Waals surface area contributed by atoms with E-state index in [9.17, 15) is 0 Å². The maximum atomic E-state index is 5.31. The molecule has 1 heterocycles. The zero-order chi connectivity index (χ0) is 32.3. The SMILES string of the molecule is CC(=Nc1c(C(C)C)cc(C(C)C)cc1C(C)C)c1cc(C)cc(C(C)=Nc2c(C(C)C)cc(C(C)C)cc2C(C)C)n1.[Cl-].[Cl-].[Fe+2]. The number of pyridine rings is 1. The van der Waals surface area contributed by atoms with Crippen LogP contribution in [0.5, 0.6) is 0 Å². The number of hydrogen-bond acceptors (Lipinski definition) is 3. The van der Waals surface area contributed by atoms with Gasteiger partial charge in [-0.3, -0.25) is 9.98 Å². The fraction of sp³-hybridized carbons (Fsp3) is 0.525. The van der Waals surface area contributed by atoms with Crippen molar-refractivity contribution < 1.29 is 41.9 Å². The average molecular weight is 707 g/mol. The second-order valence-corrected chi connectivity index (χ2v) is 14.3. The number of aliphatic imine (C=N–C) groups is 2. The molecule has 2 aromatic carbocycles. The topological polar surface area (TPSA) is 37.6 Å². The van der Waals surface area contributed by atoms with Crippen molar-refractivity contribution in [3.05, 3.63) is 86.7 Å². The molecule has 0 unspecified atom stereocenters. The van der Waals surface area contributed by atoms with E-state index < -0.39 is 0 Å². The van der Waals surface area contributed by atoms with Gasteiger partial charge in [-0.2, -0.15) is 0 Å². The molecule has 0 radical (unpaired) electrons. The van der Waals surface area contributed by atoms with Gasteiger partial charge < -0.3 is 24.8 Å².